The molecule has 0 saturated heterocycles. The Morgan fingerprint density at radius 3 is 2.61 bits per heavy atom. The number of benzene rings is 1. The Bertz CT molecular complexity index is 1490. The topological polar surface area (TPSA) is 94.7 Å². The predicted octanol–water partition coefficient (Wildman–Crippen LogP) is 5.15. The van der Waals surface area contributed by atoms with E-state index in [1.807, 2.05) is 32.5 Å². The Hall–Kier alpha value is -3.68. The monoisotopic (exact) mass is 444 g/mol. The summed E-state index contributed by atoms with van der Waals surface area (Å²) in [5, 5.41) is 10.8. The number of hydrogen-bond acceptors (Lipinski definition) is 6. The van der Waals surface area contributed by atoms with E-state index in [0.29, 0.717) is 12.3 Å². The lowest BCUT2D eigenvalue weighted by molar-refractivity contribution is 0.393. The van der Waals surface area contributed by atoms with E-state index in [-0.39, 0.29) is 0 Å². The van der Waals surface area contributed by atoms with Crippen molar-refractivity contribution in [2.24, 2.45) is 7.05 Å². The molecule has 0 amide bonds. The second-order valence-corrected chi connectivity index (χ2v) is 8.91. The number of H-pyrrole nitrogens is 1. The Morgan fingerprint density at radius 2 is 1.94 bits per heavy atom. The highest BCUT2D eigenvalue weighted by Gasteiger charge is 2.21. The molecule has 0 saturated carbocycles. The summed E-state index contributed by atoms with van der Waals surface area (Å²) in [6, 6.07) is 4.15. The van der Waals surface area contributed by atoms with E-state index in [1.165, 1.54) is 5.56 Å². The number of fused-ring (bicyclic) bond motifs is 3. The SMILES string of the molecule is COc1cc2c(cc1-c1c(C)noc1C)[nH]c1nc(C)nc(Cc3cn(C)nc3C(C)C)c12. The van der Waals surface area contributed by atoms with E-state index in [4.69, 9.17) is 19.2 Å². The molecular formula is C25H28N6O2. The summed E-state index contributed by atoms with van der Waals surface area (Å²) in [6.45, 7) is 10.1. The van der Waals surface area contributed by atoms with Gasteiger partial charge in [-0.1, -0.05) is 19.0 Å². The first-order valence-electron chi connectivity index (χ1n) is 11.1. The Kier molecular flexibility index (Phi) is 4.96. The van der Waals surface area contributed by atoms with E-state index in [2.05, 4.69) is 47.4 Å². The molecule has 8 nitrogen and oxygen atoms in total. The van der Waals surface area contributed by atoms with Gasteiger partial charge in [0.25, 0.3) is 0 Å². The van der Waals surface area contributed by atoms with Crippen molar-refractivity contribution >= 4 is 21.9 Å². The second-order valence-electron chi connectivity index (χ2n) is 8.91. The first-order chi connectivity index (χ1) is 15.8. The highest BCUT2D eigenvalue weighted by Crippen LogP contribution is 2.40. The largest absolute Gasteiger partial charge is 0.496 e. The molecule has 0 spiro atoms. The standard InChI is InChI=1S/C25H28N6O2/c1-12(2)24-16(11-31(6)29-24)8-20-23-17-10-21(32-7)18(22-13(3)30-33-14(22)4)9-19(17)28-25(23)27-15(5)26-20/h9-12H,8H2,1-7H3,(H,26,27,28). The molecular weight excluding hydrogens is 416 g/mol. The molecule has 0 radical (unpaired) electrons. The van der Waals surface area contributed by atoms with Gasteiger partial charge in [0.2, 0.25) is 0 Å². The average Bonchev–Trinajstić information content (AvgIpc) is 3.40. The Labute approximate surface area is 192 Å². The van der Waals surface area contributed by atoms with Crippen LogP contribution in [0.4, 0.5) is 0 Å². The zero-order chi connectivity index (χ0) is 23.4. The van der Waals surface area contributed by atoms with Gasteiger partial charge in [0, 0.05) is 41.5 Å². The van der Waals surface area contributed by atoms with E-state index in [0.717, 1.165) is 67.5 Å². The number of methoxy groups -OCH3 is 1. The maximum absolute atomic E-state index is 5.80. The van der Waals surface area contributed by atoms with E-state index in [9.17, 15) is 0 Å². The van der Waals surface area contributed by atoms with Crippen molar-refractivity contribution in [3.63, 3.8) is 0 Å². The first-order valence-corrected chi connectivity index (χ1v) is 11.1. The molecule has 5 aromatic rings. The quantitative estimate of drug-likeness (QED) is 0.403. The Balaban J connectivity index is 1.75. The molecule has 0 aliphatic carbocycles. The molecule has 0 fully saturated rings. The average molecular weight is 445 g/mol. The fraction of sp³-hybridized carbons (Fsp3) is 0.360. The van der Waals surface area contributed by atoms with E-state index in [1.54, 1.807) is 7.11 Å². The number of aromatic amines is 1. The predicted molar refractivity (Wildman–Crippen MR) is 128 cm³/mol. The molecule has 4 aromatic heterocycles. The van der Waals surface area contributed by atoms with Crippen molar-refractivity contribution in [3.05, 3.63) is 52.6 Å². The maximum atomic E-state index is 5.80. The van der Waals surface area contributed by atoms with E-state index >= 15 is 0 Å². The van der Waals surface area contributed by atoms with Crippen LogP contribution in [0.25, 0.3) is 33.1 Å². The summed E-state index contributed by atoms with van der Waals surface area (Å²) in [5.74, 6) is 2.58. The molecule has 0 bridgehead atoms. The van der Waals surface area contributed by atoms with Gasteiger partial charge in [0.15, 0.2) is 0 Å². The number of hydrogen-bond donors (Lipinski definition) is 1. The van der Waals surface area contributed by atoms with Gasteiger partial charge in [-0.15, -0.1) is 0 Å². The van der Waals surface area contributed by atoms with Crippen LogP contribution in [-0.2, 0) is 13.5 Å². The summed E-state index contributed by atoms with van der Waals surface area (Å²) in [6.07, 6.45) is 2.77. The lowest BCUT2D eigenvalue weighted by Gasteiger charge is -2.10. The summed E-state index contributed by atoms with van der Waals surface area (Å²) >= 11 is 0. The number of aromatic nitrogens is 6. The fourth-order valence-electron chi connectivity index (χ4n) is 4.74. The van der Waals surface area contributed by atoms with E-state index < -0.39 is 0 Å². The molecule has 0 atom stereocenters. The van der Waals surface area contributed by atoms with Gasteiger partial charge in [0.05, 0.1) is 29.8 Å². The molecule has 170 valence electrons. The highest BCUT2D eigenvalue weighted by molar-refractivity contribution is 6.09. The number of nitrogens with one attached hydrogen (secondary N) is 1. The number of aryl methyl sites for hydroxylation is 4. The van der Waals surface area contributed by atoms with Crippen molar-refractivity contribution in [1.29, 1.82) is 0 Å². The van der Waals surface area contributed by atoms with Crippen LogP contribution in [-0.4, -0.2) is 37.0 Å². The zero-order valence-corrected chi connectivity index (χ0v) is 20.1. The van der Waals surface area contributed by atoms with Crippen molar-refractivity contribution in [2.75, 3.05) is 7.11 Å². The zero-order valence-electron chi connectivity index (χ0n) is 20.1. The third kappa shape index (κ3) is 3.46. The molecule has 4 heterocycles. The number of nitrogens with zero attached hydrogens (tertiary/aromatic N) is 5. The van der Waals surface area contributed by atoms with Crippen LogP contribution >= 0.6 is 0 Å². The summed E-state index contributed by atoms with van der Waals surface area (Å²) < 4.78 is 13.1. The molecule has 33 heavy (non-hydrogen) atoms. The molecule has 5 rings (SSSR count). The minimum atomic E-state index is 0.334. The summed E-state index contributed by atoms with van der Waals surface area (Å²) in [5.41, 5.74) is 7.76. The first kappa shape index (κ1) is 21.2. The molecule has 0 unspecified atom stereocenters. The van der Waals surface area contributed by atoms with Gasteiger partial charge >= 0.3 is 0 Å². The second kappa shape index (κ2) is 7.72. The van der Waals surface area contributed by atoms with Crippen molar-refractivity contribution in [3.8, 4) is 16.9 Å². The molecule has 1 aromatic carbocycles. The minimum absolute atomic E-state index is 0.334. The number of rotatable bonds is 5. The van der Waals surface area contributed by atoms with Crippen molar-refractivity contribution in [2.45, 2.75) is 47.0 Å². The molecule has 0 aliphatic heterocycles. The Morgan fingerprint density at radius 1 is 1.15 bits per heavy atom. The molecule has 8 heteroatoms. The van der Waals surface area contributed by atoms with Gasteiger partial charge in [-0.2, -0.15) is 5.10 Å². The van der Waals surface area contributed by atoms with Crippen molar-refractivity contribution in [1.82, 2.24) is 29.9 Å². The fourth-order valence-corrected chi connectivity index (χ4v) is 4.74. The van der Waals surface area contributed by atoms with Gasteiger partial charge < -0.3 is 14.2 Å². The summed E-state index contributed by atoms with van der Waals surface area (Å²) in [4.78, 5) is 13.1. The lowest BCUT2D eigenvalue weighted by Crippen LogP contribution is -2.01. The van der Waals surface area contributed by atoms with Crippen LogP contribution in [0.5, 0.6) is 5.75 Å². The van der Waals surface area contributed by atoms with Crippen LogP contribution in [0.2, 0.25) is 0 Å². The van der Waals surface area contributed by atoms with Crippen LogP contribution < -0.4 is 4.74 Å². The number of ether oxygens (including phenoxy) is 1. The van der Waals surface area contributed by atoms with Crippen LogP contribution in [0.3, 0.4) is 0 Å². The molecule has 1 N–H and O–H groups in total. The van der Waals surface area contributed by atoms with Gasteiger partial charge in [-0.25, -0.2) is 9.97 Å². The smallest absolute Gasteiger partial charge is 0.142 e. The van der Waals surface area contributed by atoms with Gasteiger partial charge in [-0.05, 0) is 44.4 Å². The van der Waals surface area contributed by atoms with Crippen LogP contribution in [0.1, 0.15) is 54.0 Å². The lowest BCUT2D eigenvalue weighted by atomic mass is 9.98. The maximum Gasteiger partial charge on any atom is 0.142 e. The van der Waals surface area contributed by atoms with Crippen molar-refractivity contribution < 1.29 is 9.26 Å². The van der Waals surface area contributed by atoms with Crippen LogP contribution in [0, 0.1) is 20.8 Å². The normalized spacial score (nSPS) is 11.9. The van der Waals surface area contributed by atoms with Crippen LogP contribution in [0.15, 0.2) is 22.9 Å². The molecule has 0 aliphatic rings. The van der Waals surface area contributed by atoms with Gasteiger partial charge in [-0.3, -0.25) is 4.68 Å². The third-order valence-electron chi connectivity index (χ3n) is 6.10. The highest BCUT2D eigenvalue weighted by atomic mass is 16.5. The minimum Gasteiger partial charge on any atom is -0.496 e. The third-order valence-corrected chi connectivity index (χ3v) is 6.10. The summed E-state index contributed by atoms with van der Waals surface area (Å²) in [7, 11) is 3.65. The van der Waals surface area contributed by atoms with Gasteiger partial charge in [0.1, 0.15) is 23.0 Å².